The quantitative estimate of drug-likeness (QED) is 0.202. The number of ether oxygens (including phenoxy) is 2. The molecule has 0 aliphatic heterocycles. The van der Waals surface area contributed by atoms with Crippen molar-refractivity contribution in [2.75, 3.05) is 14.2 Å². The van der Waals surface area contributed by atoms with Gasteiger partial charge in [-0.2, -0.15) is 28.9 Å². The first kappa shape index (κ1) is 30.4. The Morgan fingerprint density at radius 1 is 0.846 bits per heavy atom. The van der Waals surface area contributed by atoms with Crippen LogP contribution in [0, 0.1) is 0 Å². The SMILES string of the molecule is COc1ccccc1C/N=N/C1=C(O)C(O)C(/N=N/Cc2ccccc2OC)(S(=O)(=O)O)c2ccccc21.[NaH]. The van der Waals surface area contributed by atoms with E-state index in [1.165, 1.54) is 32.4 Å². The molecule has 0 saturated carbocycles. The molecule has 0 aromatic heterocycles. The fourth-order valence-electron chi connectivity index (χ4n) is 4.21. The normalized spacial score (nSPS) is 19.1. The molecule has 11 nitrogen and oxygen atoms in total. The second-order valence-corrected chi connectivity index (χ2v) is 9.85. The summed E-state index contributed by atoms with van der Waals surface area (Å²) >= 11 is 0. The van der Waals surface area contributed by atoms with Crippen molar-refractivity contribution >= 4 is 45.4 Å². The van der Waals surface area contributed by atoms with Gasteiger partial charge in [-0.3, -0.25) is 4.55 Å². The van der Waals surface area contributed by atoms with Crippen LogP contribution in [0.15, 0.2) is 99.0 Å². The van der Waals surface area contributed by atoms with E-state index in [1.807, 2.05) is 0 Å². The van der Waals surface area contributed by atoms with Crippen LogP contribution in [-0.4, -0.2) is 73.1 Å². The Labute approximate surface area is 248 Å². The minimum atomic E-state index is -5.17. The number of rotatable bonds is 9. The third-order valence-electron chi connectivity index (χ3n) is 6.09. The van der Waals surface area contributed by atoms with Gasteiger partial charge < -0.3 is 19.7 Å². The standard InChI is InChI=1S/C26H26N4O7S.Na.H/c1-36-21-13-7-3-9-17(21)15-27-29-23-19-11-5-6-12-20(19)26(38(33,34)35,25(32)24(23)31)30-28-16-18-10-4-8-14-22(18)37-2;;/h3-14,25,31-32H,15-16H2,1-2H3,(H,33,34,35);;/b29-27+,30-28+;;. The van der Waals surface area contributed by atoms with Gasteiger partial charge in [0.1, 0.15) is 17.2 Å². The Hall–Kier alpha value is -3.13. The molecule has 0 amide bonds. The van der Waals surface area contributed by atoms with Gasteiger partial charge in [0.05, 0.1) is 27.3 Å². The maximum absolute atomic E-state index is 12.8. The molecule has 0 saturated heterocycles. The molecule has 13 heteroatoms. The number of fused-ring (bicyclic) bond motifs is 1. The van der Waals surface area contributed by atoms with E-state index in [1.54, 1.807) is 54.6 Å². The van der Waals surface area contributed by atoms with Crippen LogP contribution < -0.4 is 9.47 Å². The summed E-state index contributed by atoms with van der Waals surface area (Å²) in [5, 5.41) is 38.1. The van der Waals surface area contributed by atoms with Crippen LogP contribution >= 0.6 is 0 Å². The van der Waals surface area contributed by atoms with E-state index >= 15 is 0 Å². The molecule has 0 heterocycles. The van der Waals surface area contributed by atoms with E-state index < -0.39 is 26.9 Å². The average molecular weight is 563 g/mol. The number of aliphatic hydroxyl groups excluding tert-OH is 2. The Morgan fingerprint density at radius 2 is 1.36 bits per heavy atom. The van der Waals surface area contributed by atoms with E-state index in [2.05, 4.69) is 20.5 Å². The zero-order chi connectivity index (χ0) is 27.3. The van der Waals surface area contributed by atoms with Crippen LogP contribution in [0.3, 0.4) is 0 Å². The van der Waals surface area contributed by atoms with Gasteiger partial charge in [0.15, 0.2) is 11.9 Å². The van der Waals surface area contributed by atoms with Crippen molar-refractivity contribution in [3.8, 4) is 11.5 Å². The van der Waals surface area contributed by atoms with Gasteiger partial charge >= 0.3 is 39.7 Å². The van der Waals surface area contributed by atoms with Crippen molar-refractivity contribution in [1.82, 2.24) is 0 Å². The fourth-order valence-corrected chi connectivity index (χ4v) is 5.22. The molecule has 3 aromatic rings. The van der Waals surface area contributed by atoms with Gasteiger partial charge in [-0.15, -0.1) is 0 Å². The van der Waals surface area contributed by atoms with Crippen molar-refractivity contribution in [3.05, 3.63) is 101 Å². The second kappa shape index (κ2) is 12.8. The molecule has 1 aliphatic carbocycles. The number of methoxy groups -OCH3 is 2. The first-order valence-corrected chi connectivity index (χ1v) is 12.9. The predicted molar refractivity (Wildman–Crippen MR) is 145 cm³/mol. The molecule has 0 radical (unpaired) electrons. The zero-order valence-electron chi connectivity index (χ0n) is 20.6. The van der Waals surface area contributed by atoms with Crippen LogP contribution in [0.1, 0.15) is 22.3 Å². The first-order valence-electron chi connectivity index (χ1n) is 11.4. The number of benzene rings is 3. The van der Waals surface area contributed by atoms with E-state index in [9.17, 15) is 23.2 Å². The molecule has 3 N–H and O–H groups in total. The summed E-state index contributed by atoms with van der Waals surface area (Å²) in [6, 6.07) is 20.0. The summed E-state index contributed by atoms with van der Waals surface area (Å²) in [7, 11) is -2.17. The van der Waals surface area contributed by atoms with Gasteiger partial charge in [-0.1, -0.05) is 60.7 Å². The van der Waals surface area contributed by atoms with Gasteiger partial charge in [0.25, 0.3) is 4.87 Å². The summed E-state index contributed by atoms with van der Waals surface area (Å²) in [5.41, 5.74) is 1.13. The van der Waals surface area contributed by atoms with Crippen LogP contribution in [0.4, 0.5) is 0 Å². The molecule has 0 bridgehead atoms. The van der Waals surface area contributed by atoms with Crippen LogP contribution in [0.2, 0.25) is 0 Å². The van der Waals surface area contributed by atoms with Crippen molar-refractivity contribution in [1.29, 1.82) is 0 Å². The summed E-state index contributed by atoms with van der Waals surface area (Å²) in [5.74, 6) is 0.258. The molecule has 39 heavy (non-hydrogen) atoms. The van der Waals surface area contributed by atoms with Gasteiger partial charge in [-0.05, 0) is 12.1 Å². The van der Waals surface area contributed by atoms with Crippen molar-refractivity contribution in [2.24, 2.45) is 20.5 Å². The van der Waals surface area contributed by atoms with E-state index in [0.717, 1.165) is 5.56 Å². The number of azo groups is 2. The molecular weight excluding hydrogens is 535 g/mol. The predicted octanol–water partition coefficient (Wildman–Crippen LogP) is 4.00. The minimum absolute atomic E-state index is 0. The fraction of sp³-hybridized carbons (Fsp3) is 0.231. The van der Waals surface area contributed by atoms with Crippen LogP contribution in [0.25, 0.3) is 5.70 Å². The summed E-state index contributed by atoms with van der Waals surface area (Å²) in [4.78, 5) is -2.74. The van der Waals surface area contributed by atoms with E-state index in [4.69, 9.17) is 9.47 Å². The summed E-state index contributed by atoms with van der Waals surface area (Å²) in [6.07, 6.45) is -2.23. The van der Waals surface area contributed by atoms with Gasteiger partial charge in [0.2, 0.25) is 0 Å². The molecule has 200 valence electrons. The molecule has 2 unspecified atom stereocenters. The first-order chi connectivity index (χ1) is 18.2. The number of para-hydroxylation sites is 2. The molecule has 0 spiro atoms. The Morgan fingerprint density at radius 3 is 1.92 bits per heavy atom. The summed E-state index contributed by atoms with van der Waals surface area (Å²) in [6.45, 7) is -0.0345. The number of hydrogen-bond acceptors (Lipinski definition) is 10. The maximum atomic E-state index is 12.8. The Balaban J connectivity index is 0.00000420. The topological polar surface area (TPSA) is 163 Å². The Bertz CT molecular complexity index is 1530. The van der Waals surface area contributed by atoms with Gasteiger partial charge in [-0.25, -0.2) is 0 Å². The Kier molecular flexibility index (Phi) is 9.99. The van der Waals surface area contributed by atoms with Crippen LogP contribution in [0.5, 0.6) is 11.5 Å². The summed E-state index contributed by atoms with van der Waals surface area (Å²) < 4.78 is 46.5. The zero-order valence-corrected chi connectivity index (χ0v) is 21.4. The van der Waals surface area contributed by atoms with Crippen LogP contribution in [-0.2, 0) is 28.1 Å². The molecule has 0 fully saturated rings. The number of aliphatic hydroxyl groups is 2. The van der Waals surface area contributed by atoms with E-state index in [-0.39, 0.29) is 59.5 Å². The van der Waals surface area contributed by atoms with Crippen molar-refractivity contribution < 1.29 is 32.7 Å². The van der Waals surface area contributed by atoms with Crippen molar-refractivity contribution in [3.63, 3.8) is 0 Å². The second-order valence-electron chi connectivity index (χ2n) is 8.28. The molecule has 2 atom stereocenters. The third-order valence-corrected chi connectivity index (χ3v) is 7.40. The molecule has 1 aliphatic rings. The third kappa shape index (κ3) is 5.91. The van der Waals surface area contributed by atoms with E-state index in [0.29, 0.717) is 17.1 Å². The molecule has 4 rings (SSSR count). The van der Waals surface area contributed by atoms with Gasteiger partial charge in [0, 0.05) is 22.3 Å². The monoisotopic (exact) mass is 562 g/mol. The number of nitrogens with zero attached hydrogens (tertiary/aromatic N) is 4. The molecular formula is C26H27N4NaO7S. The number of hydrogen-bond donors (Lipinski definition) is 3. The molecule has 3 aromatic carbocycles. The van der Waals surface area contributed by atoms with Crippen molar-refractivity contribution in [2.45, 2.75) is 24.1 Å². The average Bonchev–Trinajstić information content (AvgIpc) is 2.92.